The molecular weight excluding hydrogens is 1140 g/mol. The number of carbonyl (C=O) groups excluding carboxylic acids is 3. The first kappa shape index (κ1) is 60.5. The maximum atomic E-state index is 15.3. The van der Waals surface area contributed by atoms with Gasteiger partial charge in [0.2, 0.25) is 11.8 Å². The number of nitrogens with one attached hydrogen (secondary N) is 4. The maximum absolute atomic E-state index is 15.3. The number of alkyl halides is 3. The molecule has 5 aromatic rings. The molecule has 4 heterocycles. The number of pyridine rings is 1. The molecule has 4 aromatic carbocycles. The van der Waals surface area contributed by atoms with Crippen LogP contribution in [-0.2, 0) is 36.0 Å². The monoisotopic (exact) mass is 1210 g/mol. The van der Waals surface area contributed by atoms with E-state index in [0.717, 1.165) is 61.6 Å². The molecule has 0 bridgehead atoms. The molecule has 4 N–H and O–H groups in total. The SMILES string of the molecule is CC1(C)CCC(c2ccc(Cl)cc2)=C(CN2CCN(c3ccc(C(=O)NS(=O)(=O)c4ccc(N[C@H](CCN5CCN(Cc6ncc(NC7CCC(=O)NC7=O)cc6F)CC5)CSc5ccccc5)c(S(=O)(=O)C(F)(F)F)c4)cc3)CC2)C1. The molecule has 1 aromatic heterocycles. The lowest BCUT2D eigenvalue weighted by Crippen LogP contribution is -2.47. The third kappa shape index (κ3) is 15.4. The zero-order valence-electron chi connectivity index (χ0n) is 45.5. The van der Waals surface area contributed by atoms with Crippen LogP contribution in [0.5, 0.6) is 0 Å². The fourth-order valence-electron chi connectivity index (χ4n) is 10.7. The number of sulfonamides is 1. The summed E-state index contributed by atoms with van der Waals surface area (Å²) >= 11 is 7.61. The van der Waals surface area contributed by atoms with Gasteiger partial charge in [0.15, 0.2) is 0 Å². The Kier molecular flexibility index (Phi) is 19.1. The van der Waals surface area contributed by atoms with Crippen molar-refractivity contribution in [3.8, 4) is 0 Å². The van der Waals surface area contributed by atoms with Crippen molar-refractivity contribution in [3.63, 3.8) is 0 Å². The number of hydrogen-bond acceptors (Lipinski definition) is 15. The second kappa shape index (κ2) is 25.8. The van der Waals surface area contributed by atoms with Crippen LogP contribution in [0.3, 0.4) is 0 Å². The van der Waals surface area contributed by atoms with Crippen molar-refractivity contribution in [1.29, 1.82) is 0 Å². The topological polar surface area (TPSA) is 193 Å². The Labute approximate surface area is 485 Å². The van der Waals surface area contributed by atoms with Crippen LogP contribution in [0, 0.1) is 11.2 Å². The Hall–Kier alpha value is -6.08. The number of sulfone groups is 1. The Balaban J connectivity index is 0.823. The van der Waals surface area contributed by atoms with Gasteiger partial charge in [0.25, 0.3) is 25.8 Å². The highest BCUT2D eigenvalue weighted by Crippen LogP contribution is 2.43. The first-order chi connectivity index (χ1) is 39.0. The second-order valence-electron chi connectivity index (χ2n) is 22.0. The van der Waals surface area contributed by atoms with Crippen molar-refractivity contribution < 1.29 is 48.8 Å². The second-order valence-corrected chi connectivity index (χ2v) is 27.1. The molecule has 0 spiro atoms. The number of imide groups is 1. The van der Waals surface area contributed by atoms with Gasteiger partial charge in [-0.15, -0.1) is 11.8 Å². The number of thioether (sulfide) groups is 1. The van der Waals surface area contributed by atoms with Gasteiger partial charge < -0.3 is 20.4 Å². The Morgan fingerprint density at radius 1 is 0.841 bits per heavy atom. The Bertz CT molecular complexity index is 3380. The Morgan fingerprint density at radius 3 is 2.18 bits per heavy atom. The number of nitrogens with zero attached hydrogens (tertiary/aromatic N) is 5. The third-order valence-electron chi connectivity index (χ3n) is 15.4. The molecule has 0 radical (unpaired) electrons. The minimum atomic E-state index is -6.15. The zero-order valence-corrected chi connectivity index (χ0v) is 48.7. The normalized spacial score (nSPS) is 19.2. The van der Waals surface area contributed by atoms with Gasteiger partial charge in [-0.3, -0.25) is 34.5 Å². The highest BCUT2D eigenvalue weighted by molar-refractivity contribution is 7.99. The first-order valence-corrected chi connectivity index (χ1v) is 31.5. The molecular formula is C58H66ClF4N9O7S3. The number of aromatic nitrogens is 1. The summed E-state index contributed by atoms with van der Waals surface area (Å²) in [5.41, 5.74) is -0.766. The average molecular weight is 1210 g/mol. The van der Waals surface area contributed by atoms with Gasteiger partial charge in [-0.05, 0) is 115 Å². The van der Waals surface area contributed by atoms with E-state index in [-0.39, 0.29) is 47.7 Å². The molecule has 16 nitrogen and oxygen atoms in total. The molecule has 3 saturated heterocycles. The number of hydrogen-bond donors (Lipinski definition) is 4. The van der Waals surface area contributed by atoms with E-state index < -0.39 is 70.6 Å². The lowest BCUT2D eigenvalue weighted by molar-refractivity contribution is -0.133. The molecule has 1 aliphatic carbocycles. The summed E-state index contributed by atoms with van der Waals surface area (Å²) < 4.78 is 115. The minimum absolute atomic E-state index is 0.0343. The molecule has 3 amide bonds. The molecule has 24 heteroatoms. The molecule has 82 heavy (non-hydrogen) atoms. The zero-order chi connectivity index (χ0) is 58.4. The van der Waals surface area contributed by atoms with E-state index in [2.05, 4.69) is 61.6 Å². The summed E-state index contributed by atoms with van der Waals surface area (Å²) in [6.07, 6.45) is 5.30. The predicted molar refractivity (Wildman–Crippen MR) is 310 cm³/mol. The van der Waals surface area contributed by atoms with E-state index in [1.54, 1.807) is 12.1 Å². The van der Waals surface area contributed by atoms with Crippen LogP contribution in [0.15, 0.2) is 130 Å². The molecule has 4 aliphatic rings. The summed E-state index contributed by atoms with van der Waals surface area (Å²) in [5, 5.41) is 8.89. The quantitative estimate of drug-likeness (QED) is 0.0327. The fraction of sp³-hybridized carbons (Fsp3) is 0.414. The van der Waals surface area contributed by atoms with Gasteiger partial charge in [0.05, 0.1) is 28.2 Å². The standard InChI is InChI=1S/C58H66ClF4N9O7S3/c1-57(2)22-20-48(39-8-12-42(59)13-9-39)41(34-57)36-70-28-30-72(31-29-70)45-14-10-40(11-15-45)55(74)68-82(78,79)47-16-17-50(53(33-47)81(76,77)58(61,62)63)65-43(38-80-46-6-4-3-5-7-46)21-23-69-24-26-71(27-25-69)37-52-49(60)32-44(35-64-52)66-51-18-19-54(73)67-56(51)75/h3-17,32-33,35,43,51,65-66H,18-31,34,36-38H2,1-2H3,(H,68,74)(H,67,73,75)/t43-,51?/m1/s1. The van der Waals surface area contributed by atoms with Crippen LogP contribution >= 0.6 is 23.4 Å². The van der Waals surface area contributed by atoms with Gasteiger partial charge >= 0.3 is 5.51 Å². The number of carbonyl (C=O) groups is 3. The van der Waals surface area contributed by atoms with Crippen LogP contribution in [0.2, 0.25) is 5.02 Å². The molecule has 0 saturated carbocycles. The van der Waals surface area contributed by atoms with Crippen LogP contribution in [-0.4, -0.2) is 143 Å². The summed E-state index contributed by atoms with van der Waals surface area (Å²) in [4.78, 5) is 49.0. The molecule has 2 atom stereocenters. The number of allylic oxidation sites excluding steroid dienone is 1. The smallest absolute Gasteiger partial charge is 0.380 e. The molecule has 1 unspecified atom stereocenters. The number of piperidine rings is 1. The molecule has 438 valence electrons. The lowest BCUT2D eigenvalue weighted by atomic mass is 9.73. The van der Waals surface area contributed by atoms with Gasteiger partial charge in [0, 0.05) is 117 Å². The van der Waals surface area contributed by atoms with Gasteiger partial charge in [-0.25, -0.2) is 25.9 Å². The van der Waals surface area contributed by atoms with Crippen molar-refractivity contribution >= 4 is 83.6 Å². The summed E-state index contributed by atoms with van der Waals surface area (Å²) in [5.74, 6) is -2.19. The third-order valence-corrected chi connectivity index (χ3v) is 19.7. The average Bonchev–Trinajstić information content (AvgIpc) is 3.47. The minimum Gasteiger partial charge on any atom is -0.380 e. The number of benzene rings is 4. The lowest BCUT2D eigenvalue weighted by Gasteiger charge is -2.39. The van der Waals surface area contributed by atoms with Crippen molar-refractivity contribution in [2.24, 2.45) is 5.41 Å². The van der Waals surface area contributed by atoms with Crippen LogP contribution < -0.4 is 25.6 Å². The Morgan fingerprint density at radius 2 is 1.51 bits per heavy atom. The van der Waals surface area contributed by atoms with Crippen molar-refractivity contribution in [2.75, 3.05) is 86.7 Å². The van der Waals surface area contributed by atoms with Crippen molar-refractivity contribution in [3.05, 3.63) is 143 Å². The van der Waals surface area contributed by atoms with Gasteiger partial charge in [-0.1, -0.05) is 61.4 Å². The van der Waals surface area contributed by atoms with E-state index in [9.17, 15) is 44.4 Å². The highest BCUT2D eigenvalue weighted by Gasteiger charge is 2.48. The maximum Gasteiger partial charge on any atom is 0.501 e. The van der Waals surface area contributed by atoms with Gasteiger partial charge in [-0.2, -0.15) is 13.2 Å². The number of anilines is 3. The number of halogens is 5. The van der Waals surface area contributed by atoms with Crippen LogP contribution in [0.25, 0.3) is 5.57 Å². The summed E-state index contributed by atoms with van der Waals surface area (Å²) in [6, 6.07) is 25.9. The van der Waals surface area contributed by atoms with Gasteiger partial charge in [0.1, 0.15) is 16.8 Å². The van der Waals surface area contributed by atoms with E-state index >= 15 is 4.39 Å². The van der Waals surface area contributed by atoms with Crippen molar-refractivity contribution in [2.45, 2.75) is 91.2 Å². The van der Waals surface area contributed by atoms with E-state index in [1.165, 1.54) is 52.9 Å². The van der Waals surface area contributed by atoms with E-state index in [4.69, 9.17) is 11.6 Å². The van der Waals surface area contributed by atoms with Crippen molar-refractivity contribution in [1.82, 2.24) is 29.7 Å². The summed E-state index contributed by atoms with van der Waals surface area (Å²) in [7, 11) is -11.1. The molecule has 3 aliphatic heterocycles. The first-order valence-electron chi connectivity index (χ1n) is 27.2. The van der Waals surface area contributed by atoms with E-state index in [1.807, 2.05) is 52.1 Å². The summed E-state index contributed by atoms with van der Waals surface area (Å²) in [6.45, 7) is 11.3. The highest BCUT2D eigenvalue weighted by atomic mass is 35.5. The molecule has 3 fully saturated rings. The van der Waals surface area contributed by atoms with Crippen LogP contribution in [0.4, 0.5) is 34.6 Å². The molecule has 9 rings (SSSR count). The number of rotatable bonds is 20. The van der Waals surface area contributed by atoms with E-state index in [0.29, 0.717) is 69.0 Å². The largest absolute Gasteiger partial charge is 0.501 e. The van der Waals surface area contributed by atoms with Crippen LogP contribution in [0.1, 0.15) is 74.0 Å². The fourth-order valence-corrected chi connectivity index (χ4v) is 13.9. The predicted octanol–water partition coefficient (Wildman–Crippen LogP) is 9.07. The number of amides is 3. The number of piperazine rings is 2.